The minimum atomic E-state index is -0.181. The molecule has 5 heteroatoms. The standard InChI is InChI=1S/C20H23ClN2O.ClH/c21-19-7-2-1-6-18(19)20(24)23-17-12-9-15(10-13-17)8-11-16-5-3-4-14-22-16;/h1-2,6-7,9-10,12-13,16,22H,3-5,8,11,14H2,(H,23,24);1H. The Hall–Kier alpha value is -1.55. The first kappa shape index (κ1) is 19.8. The zero-order chi connectivity index (χ0) is 16.8. The number of hydrogen-bond donors (Lipinski definition) is 2. The van der Waals surface area contributed by atoms with E-state index in [9.17, 15) is 4.79 Å². The molecule has 1 heterocycles. The molecule has 1 fully saturated rings. The van der Waals surface area contributed by atoms with Crippen LogP contribution in [0.15, 0.2) is 48.5 Å². The number of amides is 1. The van der Waals surface area contributed by atoms with Gasteiger partial charge < -0.3 is 10.6 Å². The summed E-state index contributed by atoms with van der Waals surface area (Å²) in [6.45, 7) is 1.15. The fraction of sp³-hybridized carbons (Fsp3) is 0.350. The van der Waals surface area contributed by atoms with Crippen LogP contribution in [0.3, 0.4) is 0 Å². The van der Waals surface area contributed by atoms with Gasteiger partial charge in [-0.1, -0.05) is 42.3 Å². The van der Waals surface area contributed by atoms with E-state index in [1.54, 1.807) is 12.1 Å². The molecule has 1 atom stereocenters. The minimum absolute atomic E-state index is 0. The van der Waals surface area contributed by atoms with Gasteiger partial charge in [0, 0.05) is 11.7 Å². The lowest BCUT2D eigenvalue weighted by atomic mass is 9.98. The first-order chi connectivity index (χ1) is 11.7. The second kappa shape index (κ2) is 9.81. The van der Waals surface area contributed by atoms with Crippen LogP contribution in [0.5, 0.6) is 0 Å². The zero-order valence-electron chi connectivity index (χ0n) is 14.1. The van der Waals surface area contributed by atoms with E-state index >= 15 is 0 Å². The molecule has 3 nitrogen and oxygen atoms in total. The highest BCUT2D eigenvalue weighted by molar-refractivity contribution is 6.34. The molecule has 134 valence electrons. The van der Waals surface area contributed by atoms with Gasteiger partial charge in [0.15, 0.2) is 0 Å². The molecule has 2 N–H and O–H groups in total. The first-order valence-electron chi connectivity index (χ1n) is 8.60. The van der Waals surface area contributed by atoms with Crippen molar-refractivity contribution in [1.29, 1.82) is 0 Å². The lowest BCUT2D eigenvalue weighted by Gasteiger charge is -2.23. The van der Waals surface area contributed by atoms with Crippen LogP contribution in [0.4, 0.5) is 5.69 Å². The third-order valence-electron chi connectivity index (χ3n) is 4.52. The molecule has 1 aliphatic rings. The van der Waals surface area contributed by atoms with Crippen LogP contribution in [0.2, 0.25) is 5.02 Å². The summed E-state index contributed by atoms with van der Waals surface area (Å²) in [7, 11) is 0. The smallest absolute Gasteiger partial charge is 0.257 e. The average Bonchev–Trinajstić information content (AvgIpc) is 2.62. The Morgan fingerprint density at radius 3 is 2.56 bits per heavy atom. The van der Waals surface area contributed by atoms with Gasteiger partial charge in [0.05, 0.1) is 10.6 Å². The first-order valence-corrected chi connectivity index (χ1v) is 8.98. The Labute approximate surface area is 160 Å². The predicted octanol–water partition coefficient (Wildman–Crippen LogP) is 5.09. The summed E-state index contributed by atoms with van der Waals surface area (Å²) in [6.07, 6.45) is 6.16. The topological polar surface area (TPSA) is 41.1 Å². The van der Waals surface area contributed by atoms with Crippen molar-refractivity contribution in [2.45, 2.75) is 38.1 Å². The van der Waals surface area contributed by atoms with Crippen molar-refractivity contribution in [2.24, 2.45) is 0 Å². The molecule has 25 heavy (non-hydrogen) atoms. The van der Waals surface area contributed by atoms with Crippen molar-refractivity contribution in [2.75, 3.05) is 11.9 Å². The number of carbonyl (C=O) groups excluding carboxylic acids is 1. The molecule has 1 aliphatic heterocycles. The van der Waals surface area contributed by atoms with E-state index in [2.05, 4.69) is 22.8 Å². The minimum Gasteiger partial charge on any atom is -0.322 e. The van der Waals surface area contributed by atoms with Gasteiger partial charge in [-0.2, -0.15) is 0 Å². The largest absolute Gasteiger partial charge is 0.322 e. The Morgan fingerprint density at radius 2 is 1.88 bits per heavy atom. The molecule has 2 aromatic rings. The van der Waals surface area contributed by atoms with Gasteiger partial charge in [-0.3, -0.25) is 4.79 Å². The number of rotatable bonds is 5. The fourth-order valence-corrected chi connectivity index (χ4v) is 3.33. The highest BCUT2D eigenvalue weighted by Crippen LogP contribution is 2.19. The lowest BCUT2D eigenvalue weighted by molar-refractivity contribution is 0.102. The van der Waals surface area contributed by atoms with E-state index in [4.69, 9.17) is 11.6 Å². The van der Waals surface area contributed by atoms with Gasteiger partial charge in [-0.15, -0.1) is 12.4 Å². The van der Waals surface area contributed by atoms with Crippen molar-refractivity contribution in [3.63, 3.8) is 0 Å². The van der Waals surface area contributed by atoms with Crippen LogP contribution in [-0.4, -0.2) is 18.5 Å². The molecular formula is C20H24Cl2N2O. The van der Waals surface area contributed by atoms with E-state index in [1.165, 1.54) is 31.2 Å². The number of piperidine rings is 1. The molecule has 0 aromatic heterocycles. The van der Waals surface area contributed by atoms with Crippen LogP contribution in [0.25, 0.3) is 0 Å². The molecule has 1 saturated heterocycles. The number of aryl methyl sites for hydroxylation is 1. The van der Waals surface area contributed by atoms with Crippen LogP contribution >= 0.6 is 24.0 Å². The third-order valence-corrected chi connectivity index (χ3v) is 4.85. The van der Waals surface area contributed by atoms with Gasteiger partial charge in [-0.05, 0) is 62.1 Å². The van der Waals surface area contributed by atoms with Crippen LogP contribution < -0.4 is 10.6 Å². The van der Waals surface area contributed by atoms with Gasteiger partial charge >= 0.3 is 0 Å². The predicted molar refractivity (Wildman–Crippen MR) is 107 cm³/mol. The van der Waals surface area contributed by atoms with E-state index < -0.39 is 0 Å². The summed E-state index contributed by atoms with van der Waals surface area (Å²) >= 11 is 6.06. The second-order valence-corrected chi connectivity index (χ2v) is 6.72. The van der Waals surface area contributed by atoms with Gasteiger partial charge in [0.1, 0.15) is 0 Å². The third kappa shape index (κ3) is 5.74. The van der Waals surface area contributed by atoms with E-state index in [0.29, 0.717) is 16.6 Å². The number of anilines is 1. The maximum Gasteiger partial charge on any atom is 0.257 e. The SMILES string of the molecule is Cl.O=C(Nc1ccc(CCC2CCCCN2)cc1)c1ccccc1Cl. The summed E-state index contributed by atoms with van der Waals surface area (Å²) in [6, 6.07) is 15.8. The summed E-state index contributed by atoms with van der Waals surface area (Å²) in [5, 5.41) is 6.94. The molecule has 1 amide bonds. The van der Waals surface area contributed by atoms with Crippen molar-refractivity contribution < 1.29 is 4.79 Å². The summed E-state index contributed by atoms with van der Waals surface area (Å²) in [5.41, 5.74) is 2.59. The Morgan fingerprint density at radius 1 is 1.12 bits per heavy atom. The second-order valence-electron chi connectivity index (χ2n) is 6.32. The maximum atomic E-state index is 12.2. The Kier molecular flexibility index (Phi) is 7.76. The summed E-state index contributed by atoms with van der Waals surface area (Å²) < 4.78 is 0. The molecule has 0 saturated carbocycles. The fourth-order valence-electron chi connectivity index (χ4n) is 3.11. The van der Waals surface area contributed by atoms with Crippen molar-refractivity contribution in [3.8, 4) is 0 Å². The maximum absolute atomic E-state index is 12.2. The number of nitrogens with one attached hydrogen (secondary N) is 2. The van der Waals surface area contributed by atoms with Gasteiger partial charge in [0.2, 0.25) is 0 Å². The normalized spacial score (nSPS) is 16.8. The summed E-state index contributed by atoms with van der Waals surface area (Å²) in [4.78, 5) is 12.2. The van der Waals surface area contributed by atoms with Crippen molar-refractivity contribution >= 4 is 35.6 Å². The van der Waals surface area contributed by atoms with Crippen LogP contribution in [-0.2, 0) is 6.42 Å². The Bertz CT molecular complexity index is 682. The van der Waals surface area contributed by atoms with E-state index in [1.807, 2.05) is 24.3 Å². The molecule has 3 rings (SSSR count). The highest BCUT2D eigenvalue weighted by Gasteiger charge is 2.12. The van der Waals surface area contributed by atoms with Gasteiger partial charge in [0.25, 0.3) is 5.91 Å². The molecule has 1 unspecified atom stereocenters. The number of benzene rings is 2. The van der Waals surface area contributed by atoms with Crippen molar-refractivity contribution in [1.82, 2.24) is 5.32 Å². The quantitative estimate of drug-likeness (QED) is 0.760. The number of halogens is 2. The van der Waals surface area contributed by atoms with Crippen LogP contribution in [0, 0.1) is 0 Å². The number of carbonyl (C=O) groups is 1. The molecular weight excluding hydrogens is 355 g/mol. The molecule has 0 aliphatic carbocycles. The molecule has 0 radical (unpaired) electrons. The van der Waals surface area contributed by atoms with E-state index in [0.717, 1.165) is 18.7 Å². The summed E-state index contributed by atoms with van der Waals surface area (Å²) in [5.74, 6) is -0.181. The monoisotopic (exact) mass is 378 g/mol. The lowest BCUT2D eigenvalue weighted by Crippen LogP contribution is -2.34. The molecule has 2 aromatic carbocycles. The van der Waals surface area contributed by atoms with Crippen LogP contribution in [0.1, 0.15) is 41.6 Å². The van der Waals surface area contributed by atoms with E-state index in [-0.39, 0.29) is 18.3 Å². The molecule has 0 bridgehead atoms. The average molecular weight is 379 g/mol. The Balaban J connectivity index is 0.00000225. The highest BCUT2D eigenvalue weighted by atomic mass is 35.5. The zero-order valence-corrected chi connectivity index (χ0v) is 15.7. The molecule has 0 spiro atoms. The van der Waals surface area contributed by atoms with Gasteiger partial charge in [-0.25, -0.2) is 0 Å². The number of hydrogen-bond acceptors (Lipinski definition) is 2. The van der Waals surface area contributed by atoms with Crippen molar-refractivity contribution in [3.05, 3.63) is 64.7 Å².